The number of phenols is 1. The van der Waals surface area contributed by atoms with Crippen LogP contribution in [0.5, 0.6) is 5.75 Å². The number of hydrogen-bond acceptors (Lipinski definition) is 7. The smallest absolute Gasteiger partial charge is 0.326 e. The minimum Gasteiger partial charge on any atom is -0.508 e. The molecule has 2 aromatic rings. The van der Waals surface area contributed by atoms with Gasteiger partial charge in [-0.1, -0.05) is 56.3 Å². The van der Waals surface area contributed by atoms with Gasteiger partial charge in [-0.2, -0.15) is 0 Å². The largest absolute Gasteiger partial charge is 0.508 e. The van der Waals surface area contributed by atoms with Gasteiger partial charge in [0.05, 0.1) is 12.5 Å². The number of nitrogens with one attached hydrogen (secondary N) is 3. The number of carbonyl (C=O) groups excluding carboxylic acids is 3. The molecule has 216 valence electrons. The molecule has 0 fully saturated rings. The summed E-state index contributed by atoms with van der Waals surface area (Å²) in [5.41, 5.74) is 6.90. The summed E-state index contributed by atoms with van der Waals surface area (Å²) in [4.78, 5) is 62.0. The minimum atomic E-state index is -1.38. The van der Waals surface area contributed by atoms with Crippen LogP contribution >= 0.6 is 0 Å². The van der Waals surface area contributed by atoms with Crippen molar-refractivity contribution >= 4 is 29.7 Å². The second kappa shape index (κ2) is 15.2. The lowest BCUT2D eigenvalue weighted by molar-refractivity contribution is -0.142. The van der Waals surface area contributed by atoms with E-state index in [4.69, 9.17) is 10.8 Å². The van der Waals surface area contributed by atoms with E-state index in [9.17, 15) is 34.2 Å². The van der Waals surface area contributed by atoms with E-state index < -0.39 is 60.2 Å². The van der Waals surface area contributed by atoms with E-state index >= 15 is 0 Å². The fourth-order valence-corrected chi connectivity index (χ4v) is 3.93. The molecule has 40 heavy (non-hydrogen) atoms. The maximum atomic E-state index is 13.3. The number of carboxylic acids is 2. The van der Waals surface area contributed by atoms with E-state index in [1.807, 2.05) is 13.8 Å². The number of aliphatic carboxylic acids is 2. The molecule has 0 heterocycles. The molecule has 0 bridgehead atoms. The van der Waals surface area contributed by atoms with E-state index in [1.54, 1.807) is 42.5 Å². The normalized spacial score (nSPS) is 13.9. The second-order valence-corrected chi connectivity index (χ2v) is 9.92. The first-order valence-electron chi connectivity index (χ1n) is 12.8. The van der Waals surface area contributed by atoms with Gasteiger partial charge < -0.3 is 37.0 Å². The summed E-state index contributed by atoms with van der Waals surface area (Å²) in [6.07, 6.45) is -0.506. The third-order valence-corrected chi connectivity index (χ3v) is 5.98. The van der Waals surface area contributed by atoms with Crippen molar-refractivity contribution in [1.29, 1.82) is 0 Å². The quantitative estimate of drug-likeness (QED) is 0.163. The molecule has 2 aromatic carbocycles. The predicted molar refractivity (Wildman–Crippen MR) is 145 cm³/mol. The summed E-state index contributed by atoms with van der Waals surface area (Å²) in [7, 11) is 0. The van der Waals surface area contributed by atoms with E-state index in [1.165, 1.54) is 12.1 Å². The third kappa shape index (κ3) is 10.7. The van der Waals surface area contributed by atoms with Gasteiger partial charge in [0.25, 0.3) is 0 Å². The first-order valence-corrected chi connectivity index (χ1v) is 12.8. The number of nitrogens with two attached hydrogens (primary N) is 1. The summed E-state index contributed by atoms with van der Waals surface area (Å²) in [6.45, 7) is 3.62. The lowest BCUT2D eigenvalue weighted by Crippen LogP contribution is -2.58. The molecule has 0 saturated carbocycles. The molecule has 0 aliphatic rings. The van der Waals surface area contributed by atoms with Gasteiger partial charge in [0.2, 0.25) is 17.7 Å². The van der Waals surface area contributed by atoms with Gasteiger partial charge in [-0.25, -0.2) is 4.79 Å². The molecular weight excluding hydrogens is 520 g/mol. The highest BCUT2D eigenvalue weighted by atomic mass is 16.4. The molecule has 4 unspecified atom stereocenters. The lowest BCUT2D eigenvalue weighted by Gasteiger charge is -2.26. The van der Waals surface area contributed by atoms with E-state index in [0.717, 1.165) is 0 Å². The van der Waals surface area contributed by atoms with Gasteiger partial charge in [0, 0.05) is 12.8 Å². The maximum absolute atomic E-state index is 13.3. The zero-order valence-corrected chi connectivity index (χ0v) is 22.4. The Labute approximate surface area is 232 Å². The van der Waals surface area contributed by atoms with Crippen molar-refractivity contribution in [2.24, 2.45) is 11.7 Å². The molecule has 12 nitrogen and oxygen atoms in total. The third-order valence-electron chi connectivity index (χ3n) is 5.98. The molecule has 0 spiro atoms. The van der Waals surface area contributed by atoms with Gasteiger partial charge in [-0.3, -0.25) is 19.2 Å². The van der Waals surface area contributed by atoms with E-state index in [-0.39, 0.29) is 30.9 Å². The van der Waals surface area contributed by atoms with Crippen molar-refractivity contribution in [2.45, 2.75) is 63.7 Å². The number of carbonyl (C=O) groups is 5. The number of benzene rings is 2. The molecule has 12 heteroatoms. The van der Waals surface area contributed by atoms with Crippen molar-refractivity contribution in [2.75, 3.05) is 0 Å². The summed E-state index contributed by atoms with van der Waals surface area (Å²) in [5.74, 6) is -4.93. The minimum absolute atomic E-state index is 0.00000102. The highest BCUT2D eigenvalue weighted by molar-refractivity contribution is 5.94. The van der Waals surface area contributed by atoms with Crippen LogP contribution in [0, 0.1) is 5.92 Å². The van der Waals surface area contributed by atoms with Gasteiger partial charge >= 0.3 is 11.9 Å². The zero-order chi connectivity index (χ0) is 29.8. The Balaban J connectivity index is 2.27. The maximum Gasteiger partial charge on any atom is 0.326 e. The molecule has 8 N–H and O–H groups in total. The number of amides is 3. The van der Waals surface area contributed by atoms with Crippen LogP contribution in [0.15, 0.2) is 54.6 Å². The van der Waals surface area contributed by atoms with Crippen molar-refractivity contribution in [3.8, 4) is 5.75 Å². The number of carboxylic acid groups (broad SMARTS) is 2. The molecule has 2 rings (SSSR count). The van der Waals surface area contributed by atoms with E-state index in [2.05, 4.69) is 16.0 Å². The molecule has 0 aliphatic carbocycles. The average molecular weight is 557 g/mol. The topological polar surface area (TPSA) is 208 Å². The summed E-state index contributed by atoms with van der Waals surface area (Å²) < 4.78 is 0. The van der Waals surface area contributed by atoms with Crippen LogP contribution in [0.4, 0.5) is 0 Å². The Morgan fingerprint density at radius 1 is 0.725 bits per heavy atom. The van der Waals surface area contributed by atoms with Gasteiger partial charge in [-0.15, -0.1) is 0 Å². The summed E-state index contributed by atoms with van der Waals surface area (Å²) in [6, 6.07) is 9.61. The molecular formula is C28H36N4O8. The number of phenolic OH excluding ortho intramolecular Hbond substituents is 1. The van der Waals surface area contributed by atoms with E-state index in [0.29, 0.717) is 11.1 Å². The van der Waals surface area contributed by atoms with Gasteiger partial charge in [0.1, 0.15) is 23.9 Å². The van der Waals surface area contributed by atoms with Crippen LogP contribution in [0.25, 0.3) is 0 Å². The highest BCUT2D eigenvalue weighted by Gasteiger charge is 2.31. The van der Waals surface area contributed by atoms with Crippen LogP contribution in [0.3, 0.4) is 0 Å². The standard InChI is InChI=1S/C28H36N4O8/c1-16(2)12-21(30-25(36)20(29)15-24(34)35)26(37)31-22(13-18-8-10-19(33)11-9-18)27(38)32-23(28(39)40)14-17-6-4-3-5-7-17/h3-11,16,20-23,33H,12-15,29H2,1-2H3,(H,30,36)(H,31,37)(H,32,38)(H,34,35)(H,39,40). The zero-order valence-electron chi connectivity index (χ0n) is 22.4. The summed E-state index contributed by atoms with van der Waals surface area (Å²) >= 11 is 0. The Morgan fingerprint density at radius 2 is 1.23 bits per heavy atom. The molecule has 0 aliphatic heterocycles. The first kappa shape index (κ1) is 31.8. The van der Waals surface area contributed by atoms with Crippen molar-refractivity contribution in [3.63, 3.8) is 0 Å². The lowest BCUT2D eigenvalue weighted by atomic mass is 10.00. The SMILES string of the molecule is CC(C)CC(NC(=O)C(N)CC(=O)O)C(=O)NC(Cc1ccc(O)cc1)C(=O)NC(Cc1ccccc1)C(=O)O. The van der Waals surface area contributed by atoms with Crippen LogP contribution < -0.4 is 21.7 Å². The number of hydrogen-bond donors (Lipinski definition) is 7. The Bertz CT molecular complexity index is 1170. The fraction of sp³-hybridized carbons (Fsp3) is 0.393. The van der Waals surface area contributed by atoms with Crippen LogP contribution in [-0.2, 0) is 36.8 Å². The van der Waals surface area contributed by atoms with Crippen LogP contribution in [-0.4, -0.2) is 69.1 Å². The average Bonchev–Trinajstić information content (AvgIpc) is 2.88. The number of aromatic hydroxyl groups is 1. The second-order valence-electron chi connectivity index (χ2n) is 9.92. The predicted octanol–water partition coefficient (Wildman–Crippen LogP) is 0.565. The molecule has 0 radical (unpaired) electrons. The molecule has 3 amide bonds. The van der Waals surface area contributed by atoms with Crippen molar-refractivity contribution in [3.05, 3.63) is 65.7 Å². The highest BCUT2D eigenvalue weighted by Crippen LogP contribution is 2.13. The van der Waals surface area contributed by atoms with Gasteiger partial charge in [-0.05, 0) is 35.6 Å². The molecule has 4 atom stereocenters. The monoisotopic (exact) mass is 556 g/mol. The Kier molecular flexibility index (Phi) is 12.1. The van der Waals surface area contributed by atoms with Gasteiger partial charge in [0.15, 0.2) is 0 Å². The molecule has 0 aromatic heterocycles. The number of rotatable bonds is 15. The van der Waals surface area contributed by atoms with Crippen molar-refractivity contribution < 1.29 is 39.3 Å². The fourth-order valence-electron chi connectivity index (χ4n) is 3.93. The first-order chi connectivity index (χ1) is 18.8. The molecule has 0 saturated heterocycles. The van der Waals surface area contributed by atoms with Crippen molar-refractivity contribution in [1.82, 2.24) is 16.0 Å². The Morgan fingerprint density at radius 3 is 1.77 bits per heavy atom. The Hall–Kier alpha value is -4.45. The van der Waals surface area contributed by atoms with Crippen LogP contribution in [0.2, 0.25) is 0 Å². The summed E-state index contributed by atoms with van der Waals surface area (Å²) in [5, 5.41) is 35.8. The van der Waals surface area contributed by atoms with Crippen LogP contribution in [0.1, 0.15) is 37.8 Å².